The number of carbonyl (C=O) groups excluding carboxylic acids is 1. The summed E-state index contributed by atoms with van der Waals surface area (Å²) in [5.41, 5.74) is 9.20. The molecule has 5 heteroatoms. The number of hydrogen-bond donors (Lipinski definition) is 2. The van der Waals surface area contributed by atoms with Crippen LogP contribution in [-0.4, -0.2) is 23.7 Å². The van der Waals surface area contributed by atoms with Crippen molar-refractivity contribution < 1.29 is 9.32 Å². The van der Waals surface area contributed by atoms with Gasteiger partial charge in [0.05, 0.1) is 0 Å². The van der Waals surface area contributed by atoms with Gasteiger partial charge < -0.3 is 15.7 Å². The molecule has 0 amide bonds. The van der Waals surface area contributed by atoms with Crippen LogP contribution in [0.15, 0.2) is 40.9 Å². The Balaban J connectivity index is 1.91. The Kier molecular flexibility index (Phi) is 10.1. The normalized spacial score (nSPS) is 11.6. The molecular weight excluding hydrogens is 362 g/mol. The number of hydrogen-bond acceptors (Lipinski definition) is 5. The molecule has 0 aliphatic carbocycles. The van der Waals surface area contributed by atoms with Gasteiger partial charge in [-0.15, -0.1) is 0 Å². The quantitative estimate of drug-likeness (QED) is 0.322. The lowest BCUT2D eigenvalue weighted by molar-refractivity contribution is -0.119. The first-order valence-electron chi connectivity index (χ1n) is 10.7. The minimum atomic E-state index is 0.260. The molecule has 156 valence electrons. The van der Waals surface area contributed by atoms with Crippen molar-refractivity contribution in [2.75, 3.05) is 6.54 Å². The molecule has 0 aliphatic heterocycles. The summed E-state index contributed by atoms with van der Waals surface area (Å²) in [6.07, 6.45) is 11.5. The van der Waals surface area contributed by atoms with Gasteiger partial charge in [0.15, 0.2) is 0 Å². The van der Waals surface area contributed by atoms with Crippen LogP contribution >= 0.6 is 0 Å². The number of benzene rings is 1. The highest BCUT2D eigenvalue weighted by Gasteiger charge is 2.09. The van der Waals surface area contributed by atoms with Gasteiger partial charge in [0.1, 0.15) is 17.2 Å². The number of nitrogens with zero attached hydrogens (tertiary/aromatic N) is 1. The number of aromatic nitrogens is 1. The molecule has 1 aromatic carbocycles. The lowest BCUT2D eigenvalue weighted by Gasteiger charge is -2.03. The summed E-state index contributed by atoms with van der Waals surface area (Å²) in [5, 5.41) is 11.8. The van der Waals surface area contributed by atoms with E-state index in [9.17, 15) is 4.79 Å². The third-order valence-corrected chi connectivity index (χ3v) is 4.94. The van der Waals surface area contributed by atoms with E-state index in [1.54, 1.807) is 0 Å². The van der Waals surface area contributed by atoms with Gasteiger partial charge in [0.2, 0.25) is 0 Å². The van der Waals surface area contributed by atoms with Crippen molar-refractivity contribution in [1.29, 1.82) is 5.41 Å². The molecule has 0 saturated carbocycles. The molecule has 2 rings (SSSR count). The van der Waals surface area contributed by atoms with Crippen LogP contribution < -0.4 is 5.73 Å². The van der Waals surface area contributed by atoms with Gasteiger partial charge >= 0.3 is 0 Å². The van der Waals surface area contributed by atoms with E-state index in [0.717, 1.165) is 53.8 Å². The van der Waals surface area contributed by atoms with Crippen molar-refractivity contribution in [1.82, 2.24) is 5.16 Å². The first-order chi connectivity index (χ1) is 14.2. The fraction of sp³-hybridized carbons (Fsp3) is 0.458. The smallest absolute Gasteiger partial charge is 0.137 e. The molecule has 0 saturated heterocycles. The fourth-order valence-corrected chi connectivity index (χ4v) is 3.20. The van der Waals surface area contributed by atoms with Crippen LogP contribution in [-0.2, 0) is 11.2 Å². The van der Waals surface area contributed by atoms with Gasteiger partial charge in [-0.3, -0.25) is 4.79 Å². The van der Waals surface area contributed by atoms with Gasteiger partial charge in [-0.2, -0.15) is 0 Å². The van der Waals surface area contributed by atoms with E-state index in [2.05, 4.69) is 18.2 Å². The van der Waals surface area contributed by atoms with Crippen molar-refractivity contribution >= 4 is 17.6 Å². The van der Waals surface area contributed by atoms with Crippen molar-refractivity contribution in [3.8, 4) is 11.3 Å². The number of ketones is 1. The number of allylic oxidation sites excluding steroid dienone is 2. The van der Waals surface area contributed by atoms with Gasteiger partial charge in [-0.25, -0.2) is 0 Å². The highest BCUT2D eigenvalue weighted by molar-refractivity contribution is 6.08. The van der Waals surface area contributed by atoms with E-state index >= 15 is 0 Å². The van der Waals surface area contributed by atoms with Crippen molar-refractivity contribution in [3.63, 3.8) is 0 Å². The zero-order valence-electron chi connectivity index (χ0n) is 17.5. The fourth-order valence-electron chi connectivity index (χ4n) is 3.20. The maximum Gasteiger partial charge on any atom is 0.137 e. The standard InChI is InChI=1S/C24H33N3O2/c1-2-3-4-5-8-21(18-26)19-12-14-20(15-13-19)24-17-23(29-27-24)11-6-9-22(28)10-7-16-25/h8,12-15,17-18,26H,2-7,9-11,16,25H2,1H3/b21-8+,26-18?. The van der Waals surface area contributed by atoms with Gasteiger partial charge in [0, 0.05) is 37.1 Å². The summed E-state index contributed by atoms with van der Waals surface area (Å²) in [7, 11) is 0. The topological polar surface area (TPSA) is 93.0 Å². The summed E-state index contributed by atoms with van der Waals surface area (Å²) in [6.45, 7) is 2.75. The van der Waals surface area contributed by atoms with Crippen LogP contribution in [0, 0.1) is 5.41 Å². The predicted octanol–water partition coefficient (Wildman–Crippen LogP) is 5.59. The van der Waals surface area contributed by atoms with E-state index in [1.165, 1.54) is 19.1 Å². The molecule has 5 nitrogen and oxygen atoms in total. The summed E-state index contributed by atoms with van der Waals surface area (Å²) in [4.78, 5) is 11.7. The molecule has 0 fully saturated rings. The Morgan fingerprint density at radius 3 is 2.59 bits per heavy atom. The third-order valence-electron chi connectivity index (χ3n) is 4.94. The Hall–Kier alpha value is -2.53. The van der Waals surface area contributed by atoms with E-state index in [0.29, 0.717) is 25.8 Å². The summed E-state index contributed by atoms with van der Waals surface area (Å²) in [6, 6.07) is 10.0. The molecule has 0 spiro atoms. The van der Waals surface area contributed by atoms with Crippen LogP contribution in [0.3, 0.4) is 0 Å². The van der Waals surface area contributed by atoms with E-state index in [1.807, 2.05) is 30.3 Å². The van der Waals surface area contributed by atoms with Crippen LogP contribution in [0.4, 0.5) is 0 Å². The van der Waals surface area contributed by atoms with Gasteiger partial charge in [-0.1, -0.05) is 55.3 Å². The number of unbranched alkanes of at least 4 members (excludes halogenated alkanes) is 3. The van der Waals surface area contributed by atoms with Crippen molar-refractivity contribution in [2.24, 2.45) is 5.73 Å². The summed E-state index contributed by atoms with van der Waals surface area (Å²) >= 11 is 0. The minimum Gasteiger partial charge on any atom is -0.361 e. The molecule has 0 bridgehead atoms. The monoisotopic (exact) mass is 395 g/mol. The first-order valence-corrected chi connectivity index (χ1v) is 10.7. The van der Waals surface area contributed by atoms with E-state index in [-0.39, 0.29) is 5.78 Å². The number of aryl methyl sites for hydroxylation is 1. The van der Waals surface area contributed by atoms with Crippen LogP contribution in [0.25, 0.3) is 16.8 Å². The molecule has 1 heterocycles. The minimum absolute atomic E-state index is 0.260. The second kappa shape index (κ2) is 12.8. The Bertz CT molecular complexity index is 791. The van der Waals surface area contributed by atoms with Gasteiger partial charge in [-0.05, 0) is 43.4 Å². The molecular formula is C24H33N3O2. The van der Waals surface area contributed by atoms with Crippen molar-refractivity contribution in [3.05, 3.63) is 47.7 Å². The zero-order valence-corrected chi connectivity index (χ0v) is 17.5. The zero-order chi connectivity index (χ0) is 20.9. The number of carbonyl (C=O) groups is 1. The second-order valence-corrected chi connectivity index (χ2v) is 7.34. The van der Waals surface area contributed by atoms with Crippen LogP contribution in [0.2, 0.25) is 0 Å². The SMILES string of the molecule is CCCCC/C=C(\C=N)c1ccc(-c2cc(CCCC(=O)CCCN)on2)cc1. The average Bonchev–Trinajstić information content (AvgIpc) is 3.21. The lowest BCUT2D eigenvalue weighted by Crippen LogP contribution is -2.04. The number of Topliss-reactive ketones (excluding diaryl/α,β-unsaturated/α-hetero) is 1. The highest BCUT2D eigenvalue weighted by atomic mass is 16.5. The molecule has 0 unspecified atom stereocenters. The molecule has 0 aliphatic rings. The lowest BCUT2D eigenvalue weighted by atomic mass is 10.0. The number of rotatable bonds is 14. The Labute approximate surface area is 173 Å². The Morgan fingerprint density at radius 2 is 1.90 bits per heavy atom. The van der Waals surface area contributed by atoms with Crippen molar-refractivity contribution in [2.45, 2.75) is 64.7 Å². The van der Waals surface area contributed by atoms with E-state index < -0.39 is 0 Å². The summed E-state index contributed by atoms with van der Waals surface area (Å²) < 4.78 is 5.43. The summed E-state index contributed by atoms with van der Waals surface area (Å²) in [5.74, 6) is 1.06. The maximum absolute atomic E-state index is 11.7. The van der Waals surface area contributed by atoms with Gasteiger partial charge in [0.25, 0.3) is 0 Å². The number of nitrogens with one attached hydrogen (secondary N) is 1. The van der Waals surface area contributed by atoms with Crippen LogP contribution in [0.1, 0.15) is 69.6 Å². The largest absolute Gasteiger partial charge is 0.361 e. The average molecular weight is 396 g/mol. The molecule has 29 heavy (non-hydrogen) atoms. The predicted molar refractivity (Wildman–Crippen MR) is 119 cm³/mol. The third kappa shape index (κ3) is 7.78. The van der Waals surface area contributed by atoms with E-state index in [4.69, 9.17) is 15.7 Å². The second-order valence-electron chi connectivity index (χ2n) is 7.34. The molecule has 2 aromatic rings. The first kappa shape index (κ1) is 22.8. The molecule has 1 aromatic heterocycles. The molecule has 0 atom stereocenters. The Morgan fingerprint density at radius 1 is 1.14 bits per heavy atom. The molecule has 3 N–H and O–H groups in total. The number of nitrogens with two attached hydrogens (primary N) is 1. The maximum atomic E-state index is 11.7. The van der Waals surface area contributed by atoms with Crippen LogP contribution in [0.5, 0.6) is 0 Å². The molecule has 0 radical (unpaired) electrons. The highest BCUT2D eigenvalue weighted by Crippen LogP contribution is 2.23.